The molecule has 3 N–H and O–H groups in total. The standard InChI is InChI=1S/C14H24N4O/c1-3-12-17-8-10-18(12)9-6-11-5-4-7-14(11,16-2)13(15)19/h8,10-11,16H,3-7,9H2,1-2H3,(H2,15,19). The molecule has 19 heavy (non-hydrogen) atoms. The molecule has 0 aromatic carbocycles. The van der Waals surface area contributed by atoms with E-state index in [0.717, 1.165) is 44.5 Å². The number of aryl methyl sites for hydroxylation is 2. The van der Waals surface area contributed by atoms with E-state index in [4.69, 9.17) is 5.73 Å². The van der Waals surface area contributed by atoms with Gasteiger partial charge in [-0.25, -0.2) is 4.98 Å². The zero-order chi connectivity index (χ0) is 13.9. The smallest absolute Gasteiger partial charge is 0.238 e. The van der Waals surface area contributed by atoms with Gasteiger partial charge in [0.05, 0.1) is 0 Å². The van der Waals surface area contributed by atoms with E-state index < -0.39 is 5.54 Å². The first-order chi connectivity index (χ1) is 9.14. The highest BCUT2D eigenvalue weighted by Crippen LogP contribution is 2.37. The molecule has 106 valence electrons. The first-order valence-corrected chi connectivity index (χ1v) is 7.13. The van der Waals surface area contributed by atoms with Crippen molar-refractivity contribution in [3.05, 3.63) is 18.2 Å². The van der Waals surface area contributed by atoms with Crippen molar-refractivity contribution in [1.29, 1.82) is 0 Å². The van der Waals surface area contributed by atoms with Crippen molar-refractivity contribution in [3.63, 3.8) is 0 Å². The molecule has 5 nitrogen and oxygen atoms in total. The van der Waals surface area contributed by atoms with Gasteiger partial charge in [0.2, 0.25) is 5.91 Å². The highest BCUT2D eigenvalue weighted by molar-refractivity contribution is 5.85. The van der Waals surface area contributed by atoms with Crippen molar-refractivity contribution < 1.29 is 4.79 Å². The SMILES string of the molecule is CCc1nccn1CCC1CCCC1(NC)C(N)=O. The van der Waals surface area contributed by atoms with Gasteiger partial charge in [-0.05, 0) is 32.2 Å². The number of likely N-dealkylation sites (N-methyl/N-ethyl adjacent to an activating group) is 1. The second-order valence-electron chi connectivity index (χ2n) is 5.35. The minimum atomic E-state index is -0.507. The van der Waals surface area contributed by atoms with Gasteiger partial charge in [-0.15, -0.1) is 0 Å². The fraction of sp³-hybridized carbons (Fsp3) is 0.714. The Hall–Kier alpha value is -1.36. The highest BCUT2D eigenvalue weighted by Gasteiger charge is 2.46. The summed E-state index contributed by atoms with van der Waals surface area (Å²) in [5, 5.41) is 3.19. The van der Waals surface area contributed by atoms with Crippen LogP contribution in [0.15, 0.2) is 12.4 Å². The molecular formula is C14H24N4O. The minimum Gasteiger partial charge on any atom is -0.368 e. The van der Waals surface area contributed by atoms with E-state index in [1.807, 2.05) is 19.4 Å². The van der Waals surface area contributed by atoms with E-state index in [1.165, 1.54) is 0 Å². The predicted octanol–water partition coefficient (Wildman–Crippen LogP) is 1.08. The number of hydrogen-bond donors (Lipinski definition) is 2. The van der Waals surface area contributed by atoms with Gasteiger partial charge in [0, 0.05) is 25.4 Å². The molecule has 0 bridgehead atoms. The summed E-state index contributed by atoms with van der Waals surface area (Å²) in [5.41, 5.74) is 5.11. The molecule has 1 aromatic rings. The number of imidazole rings is 1. The van der Waals surface area contributed by atoms with Crippen LogP contribution >= 0.6 is 0 Å². The third-order valence-corrected chi connectivity index (χ3v) is 4.54. The average molecular weight is 264 g/mol. The summed E-state index contributed by atoms with van der Waals surface area (Å²) in [6, 6.07) is 0. The fourth-order valence-electron chi connectivity index (χ4n) is 3.40. The molecule has 2 unspecified atom stereocenters. The molecule has 0 radical (unpaired) electrons. The predicted molar refractivity (Wildman–Crippen MR) is 74.5 cm³/mol. The van der Waals surface area contributed by atoms with Crippen LogP contribution in [0.2, 0.25) is 0 Å². The number of nitrogens with two attached hydrogens (primary N) is 1. The Labute approximate surface area is 114 Å². The number of rotatable bonds is 6. The molecule has 1 amide bonds. The van der Waals surface area contributed by atoms with E-state index in [2.05, 4.69) is 21.8 Å². The Kier molecular flexibility index (Phi) is 4.24. The summed E-state index contributed by atoms with van der Waals surface area (Å²) < 4.78 is 2.18. The minimum absolute atomic E-state index is 0.209. The molecule has 0 aliphatic heterocycles. The highest BCUT2D eigenvalue weighted by atomic mass is 16.1. The largest absolute Gasteiger partial charge is 0.368 e. The van der Waals surface area contributed by atoms with Crippen molar-refractivity contribution in [2.45, 2.75) is 51.1 Å². The average Bonchev–Trinajstić information content (AvgIpc) is 3.02. The van der Waals surface area contributed by atoms with Crippen LogP contribution in [0.4, 0.5) is 0 Å². The zero-order valence-electron chi connectivity index (χ0n) is 11.9. The molecular weight excluding hydrogens is 240 g/mol. The molecule has 1 aromatic heterocycles. The Balaban J connectivity index is 2.04. The number of aromatic nitrogens is 2. The van der Waals surface area contributed by atoms with Crippen molar-refractivity contribution in [2.24, 2.45) is 11.7 Å². The summed E-state index contributed by atoms with van der Waals surface area (Å²) in [6.07, 6.45) is 8.75. The summed E-state index contributed by atoms with van der Waals surface area (Å²) in [5.74, 6) is 1.22. The lowest BCUT2D eigenvalue weighted by Gasteiger charge is -2.32. The third-order valence-electron chi connectivity index (χ3n) is 4.54. The van der Waals surface area contributed by atoms with E-state index >= 15 is 0 Å². The molecule has 1 saturated carbocycles. The maximum atomic E-state index is 11.8. The van der Waals surface area contributed by atoms with Crippen molar-refractivity contribution >= 4 is 5.91 Å². The molecule has 2 rings (SSSR count). The van der Waals surface area contributed by atoms with Gasteiger partial charge in [-0.2, -0.15) is 0 Å². The Bertz CT molecular complexity index is 442. The Morgan fingerprint density at radius 1 is 1.68 bits per heavy atom. The summed E-state index contributed by atoms with van der Waals surface area (Å²) in [7, 11) is 1.85. The van der Waals surface area contributed by atoms with Gasteiger partial charge in [-0.3, -0.25) is 4.79 Å². The zero-order valence-corrected chi connectivity index (χ0v) is 11.9. The van der Waals surface area contributed by atoms with Gasteiger partial charge < -0.3 is 15.6 Å². The molecule has 5 heteroatoms. The summed E-state index contributed by atoms with van der Waals surface area (Å²) >= 11 is 0. The Morgan fingerprint density at radius 3 is 3.11 bits per heavy atom. The topological polar surface area (TPSA) is 72.9 Å². The number of amides is 1. The first kappa shape index (κ1) is 14.1. The molecule has 1 aliphatic carbocycles. The van der Waals surface area contributed by atoms with Crippen molar-refractivity contribution in [3.8, 4) is 0 Å². The second kappa shape index (κ2) is 5.74. The number of nitrogens with one attached hydrogen (secondary N) is 1. The molecule has 1 aliphatic rings. The monoisotopic (exact) mass is 264 g/mol. The van der Waals surface area contributed by atoms with E-state index in [9.17, 15) is 4.79 Å². The molecule has 0 saturated heterocycles. The molecule has 0 spiro atoms. The van der Waals surface area contributed by atoms with Crippen LogP contribution in [-0.2, 0) is 17.8 Å². The lowest BCUT2D eigenvalue weighted by Crippen LogP contribution is -2.56. The van der Waals surface area contributed by atoms with Crippen LogP contribution in [0.5, 0.6) is 0 Å². The van der Waals surface area contributed by atoms with E-state index in [1.54, 1.807) is 0 Å². The van der Waals surface area contributed by atoms with E-state index in [-0.39, 0.29) is 5.91 Å². The third kappa shape index (κ3) is 2.52. The van der Waals surface area contributed by atoms with Gasteiger partial charge in [-0.1, -0.05) is 13.3 Å². The van der Waals surface area contributed by atoms with Crippen molar-refractivity contribution in [2.75, 3.05) is 7.05 Å². The number of carbonyl (C=O) groups is 1. The van der Waals surface area contributed by atoms with Crippen LogP contribution in [0.3, 0.4) is 0 Å². The summed E-state index contributed by atoms with van der Waals surface area (Å²) in [4.78, 5) is 16.1. The van der Waals surface area contributed by atoms with Crippen molar-refractivity contribution in [1.82, 2.24) is 14.9 Å². The van der Waals surface area contributed by atoms with Crippen LogP contribution in [0.25, 0.3) is 0 Å². The normalized spacial score (nSPS) is 26.7. The number of hydrogen-bond acceptors (Lipinski definition) is 3. The number of carbonyl (C=O) groups excluding carboxylic acids is 1. The fourth-order valence-corrected chi connectivity index (χ4v) is 3.40. The maximum absolute atomic E-state index is 11.8. The quantitative estimate of drug-likeness (QED) is 0.807. The van der Waals surface area contributed by atoms with Gasteiger partial charge in [0.25, 0.3) is 0 Å². The first-order valence-electron chi connectivity index (χ1n) is 7.13. The van der Waals surface area contributed by atoms with E-state index in [0.29, 0.717) is 5.92 Å². The lowest BCUT2D eigenvalue weighted by molar-refractivity contribution is -0.125. The number of nitrogens with zero attached hydrogens (tertiary/aromatic N) is 2. The second-order valence-corrected chi connectivity index (χ2v) is 5.35. The van der Waals surface area contributed by atoms with Gasteiger partial charge >= 0.3 is 0 Å². The maximum Gasteiger partial charge on any atom is 0.238 e. The molecule has 1 fully saturated rings. The molecule has 1 heterocycles. The van der Waals surface area contributed by atoms with Crippen LogP contribution in [0.1, 0.15) is 38.4 Å². The number of primary amides is 1. The van der Waals surface area contributed by atoms with Gasteiger partial charge in [0.1, 0.15) is 11.4 Å². The summed E-state index contributed by atoms with van der Waals surface area (Å²) in [6.45, 7) is 3.01. The lowest BCUT2D eigenvalue weighted by atomic mass is 9.84. The van der Waals surface area contributed by atoms with Crippen LogP contribution in [-0.4, -0.2) is 28.0 Å². The molecule has 2 atom stereocenters. The van der Waals surface area contributed by atoms with Crippen LogP contribution in [0, 0.1) is 5.92 Å². The van der Waals surface area contributed by atoms with Crippen LogP contribution < -0.4 is 11.1 Å². The Morgan fingerprint density at radius 2 is 2.47 bits per heavy atom. The van der Waals surface area contributed by atoms with Gasteiger partial charge in [0.15, 0.2) is 0 Å².